The molecule has 66 valence electrons. The van der Waals surface area contributed by atoms with E-state index in [2.05, 4.69) is 15.5 Å². The van der Waals surface area contributed by atoms with Gasteiger partial charge in [0, 0.05) is 7.05 Å². The standard InChI is InChI=1S/C6H10N4O2/c1-3(7)6-9-4(10-12-6)5(11)8-2/h3H,7H2,1-2H3,(H,8,11). The van der Waals surface area contributed by atoms with Crippen LogP contribution in [0.15, 0.2) is 4.52 Å². The average Bonchev–Trinajstić information content (AvgIpc) is 2.51. The van der Waals surface area contributed by atoms with Crippen LogP contribution in [0.2, 0.25) is 0 Å². The number of carbonyl (C=O) groups excluding carboxylic acids is 1. The number of nitrogens with one attached hydrogen (secondary N) is 1. The van der Waals surface area contributed by atoms with Crippen molar-refractivity contribution in [1.29, 1.82) is 0 Å². The van der Waals surface area contributed by atoms with Gasteiger partial charge in [-0.15, -0.1) is 0 Å². The van der Waals surface area contributed by atoms with E-state index in [1.807, 2.05) is 0 Å². The number of aromatic nitrogens is 2. The highest BCUT2D eigenvalue weighted by Crippen LogP contribution is 2.05. The Morgan fingerprint density at radius 1 is 1.75 bits per heavy atom. The van der Waals surface area contributed by atoms with Gasteiger partial charge in [-0.1, -0.05) is 5.16 Å². The van der Waals surface area contributed by atoms with Crippen molar-refractivity contribution in [3.8, 4) is 0 Å². The molecule has 0 aliphatic heterocycles. The van der Waals surface area contributed by atoms with E-state index < -0.39 is 0 Å². The smallest absolute Gasteiger partial charge is 0.292 e. The molecule has 0 fully saturated rings. The molecular weight excluding hydrogens is 160 g/mol. The lowest BCUT2D eigenvalue weighted by Gasteiger charge is -1.92. The topological polar surface area (TPSA) is 94.0 Å². The number of nitrogens with two attached hydrogens (primary N) is 1. The van der Waals surface area contributed by atoms with Crippen LogP contribution in [-0.2, 0) is 0 Å². The predicted octanol–water partition coefficient (Wildman–Crippen LogP) is -0.551. The van der Waals surface area contributed by atoms with Crippen LogP contribution < -0.4 is 11.1 Å². The van der Waals surface area contributed by atoms with E-state index in [0.717, 1.165) is 0 Å². The molecule has 0 aliphatic rings. The molecule has 1 heterocycles. The zero-order chi connectivity index (χ0) is 9.14. The molecule has 0 saturated carbocycles. The fraction of sp³-hybridized carbons (Fsp3) is 0.500. The summed E-state index contributed by atoms with van der Waals surface area (Å²) in [7, 11) is 1.49. The molecule has 0 bridgehead atoms. The maximum atomic E-state index is 10.9. The lowest BCUT2D eigenvalue weighted by molar-refractivity contribution is 0.0950. The minimum absolute atomic E-state index is 0.00444. The maximum absolute atomic E-state index is 10.9. The van der Waals surface area contributed by atoms with Crippen LogP contribution in [0, 0.1) is 0 Å². The third kappa shape index (κ3) is 1.59. The van der Waals surface area contributed by atoms with Crippen molar-refractivity contribution in [1.82, 2.24) is 15.5 Å². The molecule has 12 heavy (non-hydrogen) atoms. The Kier molecular flexibility index (Phi) is 2.39. The Hall–Kier alpha value is -1.43. The SMILES string of the molecule is CNC(=O)c1noc(C(C)N)n1. The average molecular weight is 170 g/mol. The predicted molar refractivity (Wildman–Crippen MR) is 40.3 cm³/mol. The summed E-state index contributed by atoms with van der Waals surface area (Å²) in [6.07, 6.45) is 0. The number of nitrogens with zero attached hydrogens (tertiary/aromatic N) is 2. The Balaban J connectivity index is 2.84. The first-order valence-electron chi connectivity index (χ1n) is 3.46. The van der Waals surface area contributed by atoms with Gasteiger partial charge < -0.3 is 15.6 Å². The first-order valence-corrected chi connectivity index (χ1v) is 3.46. The van der Waals surface area contributed by atoms with Crippen LogP contribution >= 0.6 is 0 Å². The molecule has 1 unspecified atom stereocenters. The van der Waals surface area contributed by atoms with Gasteiger partial charge in [0.15, 0.2) is 0 Å². The summed E-state index contributed by atoms with van der Waals surface area (Å²) in [5.41, 5.74) is 5.44. The van der Waals surface area contributed by atoms with E-state index in [1.165, 1.54) is 7.05 Å². The van der Waals surface area contributed by atoms with Crippen molar-refractivity contribution in [2.75, 3.05) is 7.05 Å². The second-order valence-electron chi connectivity index (χ2n) is 2.32. The van der Waals surface area contributed by atoms with Gasteiger partial charge in [0.25, 0.3) is 11.7 Å². The lowest BCUT2D eigenvalue weighted by atomic mass is 10.4. The summed E-state index contributed by atoms with van der Waals surface area (Å²) < 4.78 is 4.70. The molecule has 0 spiro atoms. The van der Waals surface area contributed by atoms with E-state index in [9.17, 15) is 4.79 Å². The van der Waals surface area contributed by atoms with Crippen molar-refractivity contribution in [2.24, 2.45) is 5.73 Å². The fourth-order valence-corrected chi connectivity index (χ4v) is 0.624. The molecule has 1 atom stereocenters. The largest absolute Gasteiger partial charge is 0.352 e. The van der Waals surface area contributed by atoms with Gasteiger partial charge in [0.2, 0.25) is 5.89 Å². The molecule has 1 aromatic heterocycles. The molecule has 1 rings (SSSR count). The molecule has 6 nitrogen and oxygen atoms in total. The quantitative estimate of drug-likeness (QED) is 0.621. The third-order valence-electron chi connectivity index (χ3n) is 1.26. The second kappa shape index (κ2) is 3.31. The van der Waals surface area contributed by atoms with Crippen molar-refractivity contribution in [2.45, 2.75) is 13.0 Å². The summed E-state index contributed by atoms with van der Waals surface area (Å²) in [5, 5.41) is 5.80. The molecule has 6 heteroatoms. The van der Waals surface area contributed by atoms with E-state index in [1.54, 1.807) is 6.92 Å². The number of hydrogen-bond acceptors (Lipinski definition) is 5. The van der Waals surface area contributed by atoms with Gasteiger partial charge in [-0.2, -0.15) is 4.98 Å². The van der Waals surface area contributed by atoms with Gasteiger partial charge in [-0.25, -0.2) is 0 Å². The van der Waals surface area contributed by atoms with Gasteiger partial charge in [0.05, 0.1) is 6.04 Å². The Bertz CT molecular complexity index is 281. The molecule has 0 aromatic carbocycles. The second-order valence-corrected chi connectivity index (χ2v) is 2.32. The maximum Gasteiger partial charge on any atom is 0.292 e. The van der Waals surface area contributed by atoms with Gasteiger partial charge in [-0.3, -0.25) is 4.79 Å². The highest BCUT2D eigenvalue weighted by Gasteiger charge is 2.14. The number of carbonyl (C=O) groups is 1. The van der Waals surface area contributed by atoms with Crippen LogP contribution in [-0.4, -0.2) is 23.1 Å². The van der Waals surface area contributed by atoms with Crippen molar-refractivity contribution in [3.63, 3.8) is 0 Å². The van der Waals surface area contributed by atoms with Crippen molar-refractivity contribution >= 4 is 5.91 Å². The monoisotopic (exact) mass is 170 g/mol. The molecular formula is C6H10N4O2. The highest BCUT2D eigenvalue weighted by molar-refractivity contribution is 5.89. The van der Waals surface area contributed by atoms with E-state index in [0.29, 0.717) is 0 Å². The number of hydrogen-bond donors (Lipinski definition) is 2. The van der Waals surface area contributed by atoms with Gasteiger partial charge in [-0.05, 0) is 6.92 Å². The molecule has 0 radical (unpaired) electrons. The lowest BCUT2D eigenvalue weighted by Crippen LogP contribution is -2.19. The first-order chi connectivity index (χ1) is 5.65. The van der Waals surface area contributed by atoms with Crippen molar-refractivity contribution in [3.05, 3.63) is 11.7 Å². The molecule has 0 saturated heterocycles. The summed E-state index contributed by atoms with van der Waals surface area (Å²) in [6.45, 7) is 1.70. The molecule has 3 N–H and O–H groups in total. The van der Waals surface area contributed by atoms with E-state index >= 15 is 0 Å². The van der Waals surface area contributed by atoms with Gasteiger partial charge in [0.1, 0.15) is 0 Å². The van der Waals surface area contributed by atoms with E-state index in [-0.39, 0.29) is 23.7 Å². The van der Waals surface area contributed by atoms with Crippen LogP contribution in [0.4, 0.5) is 0 Å². The minimum Gasteiger partial charge on any atom is -0.352 e. The van der Waals surface area contributed by atoms with Crippen LogP contribution in [0.25, 0.3) is 0 Å². The normalized spacial score (nSPS) is 12.6. The summed E-state index contributed by atoms with van der Waals surface area (Å²) in [6, 6.07) is -0.351. The van der Waals surface area contributed by atoms with Crippen LogP contribution in [0.3, 0.4) is 0 Å². The number of amides is 1. The van der Waals surface area contributed by atoms with Crippen molar-refractivity contribution < 1.29 is 9.32 Å². The van der Waals surface area contributed by atoms with Gasteiger partial charge >= 0.3 is 0 Å². The zero-order valence-electron chi connectivity index (χ0n) is 6.87. The number of rotatable bonds is 2. The molecule has 0 aliphatic carbocycles. The van der Waals surface area contributed by atoms with E-state index in [4.69, 9.17) is 10.3 Å². The fourth-order valence-electron chi connectivity index (χ4n) is 0.624. The zero-order valence-corrected chi connectivity index (χ0v) is 6.87. The molecule has 1 amide bonds. The summed E-state index contributed by atoms with van der Waals surface area (Å²) >= 11 is 0. The Morgan fingerprint density at radius 2 is 2.42 bits per heavy atom. The first kappa shape index (κ1) is 8.66. The van der Waals surface area contributed by atoms with Crippen LogP contribution in [0.1, 0.15) is 29.5 Å². The summed E-state index contributed by atoms with van der Waals surface area (Å²) in [5.74, 6) is -0.121. The minimum atomic E-state index is -0.384. The molecule has 1 aromatic rings. The van der Waals surface area contributed by atoms with Crippen LogP contribution in [0.5, 0.6) is 0 Å². The third-order valence-corrected chi connectivity index (χ3v) is 1.26. The Morgan fingerprint density at radius 3 is 2.83 bits per heavy atom. The Labute approximate surface area is 69.1 Å². The highest BCUT2D eigenvalue weighted by atomic mass is 16.5. The summed E-state index contributed by atoms with van der Waals surface area (Å²) in [4.78, 5) is 14.7.